The molecule has 1 aromatic rings. The molecule has 4 saturated carbocycles. The third-order valence-corrected chi connectivity index (χ3v) is 8.59. The van der Waals surface area contributed by atoms with Crippen molar-refractivity contribution in [1.29, 1.82) is 0 Å². The highest BCUT2D eigenvalue weighted by molar-refractivity contribution is 5.94. The van der Waals surface area contributed by atoms with Crippen molar-refractivity contribution in [3.8, 4) is 11.5 Å². The first-order valence-corrected chi connectivity index (χ1v) is 12.3. The van der Waals surface area contributed by atoms with Crippen LogP contribution in [0, 0.1) is 29.1 Å². The van der Waals surface area contributed by atoms with E-state index in [1.165, 1.54) is 19.3 Å². The Labute approximate surface area is 191 Å². The quantitative estimate of drug-likeness (QED) is 0.729. The molecule has 6 heteroatoms. The van der Waals surface area contributed by atoms with Crippen LogP contribution in [0.2, 0.25) is 0 Å². The molecule has 1 N–H and O–H groups in total. The minimum absolute atomic E-state index is 0.0385. The first-order chi connectivity index (χ1) is 15.5. The second kappa shape index (κ2) is 8.60. The molecule has 174 valence electrons. The van der Waals surface area contributed by atoms with E-state index in [4.69, 9.17) is 9.47 Å². The number of benzene rings is 1. The average Bonchev–Trinajstić information content (AvgIpc) is 2.81. The fourth-order valence-corrected chi connectivity index (χ4v) is 7.36. The van der Waals surface area contributed by atoms with Crippen LogP contribution in [0.1, 0.15) is 61.7 Å². The fraction of sp³-hybridized carbons (Fsp3) is 0.692. The fourth-order valence-electron chi connectivity index (χ4n) is 7.36. The molecule has 1 aliphatic heterocycles. The minimum Gasteiger partial charge on any atom is -0.493 e. The Bertz CT molecular complexity index is 839. The Morgan fingerprint density at radius 2 is 1.56 bits per heavy atom. The molecule has 0 radical (unpaired) electrons. The number of hydrogen-bond donors (Lipinski definition) is 1. The van der Waals surface area contributed by atoms with E-state index in [1.54, 1.807) is 32.4 Å². The summed E-state index contributed by atoms with van der Waals surface area (Å²) in [6, 6.07) is 5.21. The first kappa shape index (κ1) is 21.6. The maximum absolute atomic E-state index is 13.6. The lowest BCUT2D eigenvalue weighted by molar-refractivity contribution is -0.159. The Morgan fingerprint density at radius 1 is 0.969 bits per heavy atom. The lowest BCUT2D eigenvalue weighted by Crippen LogP contribution is -2.56. The topological polar surface area (TPSA) is 67.9 Å². The molecule has 6 rings (SSSR count). The lowest BCUT2D eigenvalue weighted by atomic mass is 9.49. The largest absolute Gasteiger partial charge is 0.493 e. The van der Waals surface area contributed by atoms with Gasteiger partial charge in [-0.05, 0) is 93.2 Å². The van der Waals surface area contributed by atoms with Crippen molar-refractivity contribution in [3.63, 3.8) is 0 Å². The molecule has 1 aromatic carbocycles. The summed E-state index contributed by atoms with van der Waals surface area (Å²) in [5.41, 5.74) is 0.528. The summed E-state index contributed by atoms with van der Waals surface area (Å²) in [4.78, 5) is 28.3. The Kier molecular flexibility index (Phi) is 5.81. The van der Waals surface area contributed by atoms with Gasteiger partial charge in [0.2, 0.25) is 5.91 Å². The second-order valence-corrected chi connectivity index (χ2v) is 10.7. The predicted octanol–water partition coefficient (Wildman–Crippen LogP) is 3.89. The first-order valence-electron chi connectivity index (χ1n) is 12.3. The number of piperidine rings is 1. The number of methoxy groups -OCH3 is 2. The van der Waals surface area contributed by atoms with E-state index in [-0.39, 0.29) is 11.3 Å². The minimum atomic E-state index is -0.0990. The number of nitrogens with zero attached hydrogens (tertiary/aromatic N) is 1. The summed E-state index contributed by atoms with van der Waals surface area (Å²) in [7, 11) is 3.15. The highest BCUT2D eigenvalue weighted by Gasteiger charge is 2.55. The molecule has 4 aliphatic carbocycles. The zero-order valence-electron chi connectivity index (χ0n) is 19.4. The third kappa shape index (κ3) is 3.97. The summed E-state index contributed by atoms with van der Waals surface area (Å²) < 4.78 is 10.5. The van der Waals surface area contributed by atoms with Gasteiger partial charge in [0, 0.05) is 25.2 Å². The van der Waals surface area contributed by atoms with Gasteiger partial charge < -0.3 is 19.7 Å². The van der Waals surface area contributed by atoms with Crippen LogP contribution in [0.5, 0.6) is 11.5 Å². The van der Waals surface area contributed by atoms with E-state index in [2.05, 4.69) is 10.2 Å². The zero-order chi connectivity index (χ0) is 22.3. The number of ether oxygens (including phenoxy) is 2. The predicted molar refractivity (Wildman–Crippen MR) is 122 cm³/mol. The van der Waals surface area contributed by atoms with Gasteiger partial charge in [-0.2, -0.15) is 0 Å². The normalized spacial score (nSPS) is 31.4. The van der Waals surface area contributed by atoms with Gasteiger partial charge in [0.15, 0.2) is 11.5 Å². The van der Waals surface area contributed by atoms with Crippen LogP contribution in [0.15, 0.2) is 18.2 Å². The van der Waals surface area contributed by atoms with Gasteiger partial charge in [-0.15, -0.1) is 0 Å². The molecular weight excluding hydrogens is 404 g/mol. The van der Waals surface area contributed by atoms with Crippen LogP contribution < -0.4 is 14.8 Å². The number of carbonyl (C=O) groups excluding carboxylic acids is 2. The molecule has 5 fully saturated rings. The Balaban J connectivity index is 1.12. The van der Waals surface area contributed by atoms with Crippen molar-refractivity contribution in [2.75, 3.05) is 33.9 Å². The Morgan fingerprint density at radius 3 is 2.12 bits per heavy atom. The molecule has 1 saturated heterocycles. The van der Waals surface area contributed by atoms with Gasteiger partial charge >= 0.3 is 0 Å². The number of amides is 2. The molecule has 5 aliphatic rings. The van der Waals surface area contributed by atoms with Gasteiger partial charge in [-0.1, -0.05) is 0 Å². The molecule has 32 heavy (non-hydrogen) atoms. The van der Waals surface area contributed by atoms with Crippen LogP contribution in [0.25, 0.3) is 0 Å². The number of carbonyl (C=O) groups is 2. The molecule has 4 bridgehead atoms. The van der Waals surface area contributed by atoms with Crippen molar-refractivity contribution in [1.82, 2.24) is 10.2 Å². The van der Waals surface area contributed by atoms with Gasteiger partial charge in [0.1, 0.15) is 0 Å². The third-order valence-electron chi connectivity index (χ3n) is 8.59. The molecule has 0 atom stereocenters. The molecule has 0 spiro atoms. The summed E-state index contributed by atoms with van der Waals surface area (Å²) in [6.07, 6.45) is 9.45. The summed E-state index contributed by atoms with van der Waals surface area (Å²) >= 11 is 0. The van der Waals surface area contributed by atoms with E-state index in [9.17, 15) is 9.59 Å². The van der Waals surface area contributed by atoms with Crippen LogP contribution >= 0.6 is 0 Å². The standard InChI is InChI=1S/C26H36N2O4/c1-31-22-4-3-21(12-23(22)32-2)24(29)27-16-17-5-7-28(8-6-17)25(30)26-13-18-9-19(14-26)11-20(10-18)15-26/h3-4,12,17-20H,5-11,13-16H2,1-2H3,(H,27,29). The van der Waals surface area contributed by atoms with Crippen molar-refractivity contribution >= 4 is 11.8 Å². The summed E-state index contributed by atoms with van der Waals surface area (Å²) in [6.45, 7) is 2.31. The highest BCUT2D eigenvalue weighted by atomic mass is 16.5. The van der Waals surface area contributed by atoms with Crippen LogP contribution in [-0.4, -0.2) is 50.6 Å². The van der Waals surface area contributed by atoms with Gasteiger partial charge in [0.05, 0.1) is 19.6 Å². The number of likely N-dealkylation sites (tertiary alicyclic amines) is 1. The van der Waals surface area contributed by atoms with Gasteiger partial charge in [0.25, 0.3) is 5.91 Å². The van der Waals surface area contributed by atoms with E-state index in [1.807, 2.05) is 0 Å². The van der Waals surface area contributed by atoms with E-state index >= 15 is 0 Å². The maximum atomic E-state index is 13.6. The van der Waals surface area contributed by atoms with Crippen LogP contribution in [0.4, 0.5) is 0 Å². The zero-order valence-corrected chi connectivity index (χ0v) is 19.4. The molecule has 1 heterocycles. The monoisotopic (exact) mass is 440 g/mol. The maximum Gasteiger partial charge on any atom is 0.251 e. The van der Waals surface area contributed by atoms with Crippen molar-refractivity contribution in [2.45, 2.75) is 51.4 Å². The number of rotatable bonds is 6. The SMILES string of the molecule is COc1ccc(C(=O)NCC2CCN(C(=O)C34CC5CC(CC(C5)C3)C4)CC2)cc1OC. The second-order valence-electron chi connectivity index (χ2n) is 10.7. The smallest absolute Gasteiger partial charge is 0.251 e. The van der Waals surface area contributed by atoms with E-state index in [0.29, 0.717) is 35.4 Å². The van der Waals surface area contributed by atoms with E-state index in [0.717, 1.165) is 62.9 Å². The number of nitrogens with one attached hydrogen (secondary N) is 1. The van der Waals surface area contributed by atoms with Crippen molar-refractivity contribution in [2.24, 2.45) is 29.1 Å². The van der Waals surface area contributed by atoms with Crippen LogP contribution in [-0.2, 0) is 4.79 Å². The van der Waals surface area contributed by atoms with Crippen LogP contribution in [0.3, 0.4) is 0 Å². The molecule has 0 aromatic heterocycles. The average molecular weight is 441 g/mol. The van der Waals surface area contributed by atoms with Crippen molar-refractivity contribution in [3.05, 3.63) is 23.8 Å². The summed E-state index contributed by atoms with van der Waals surface area (Å²) in [5.74, 6) is 4.33. The molecule has 0 unspecified atom stereocenters. The van der Waals surface area contributed by atoms with Gasteiger partial charge in [-0.3, -0.25) is 9.59 Å². The molecular formula is C26H36N2O4. The Hall–Kier alpha value is -2.24. The van der Waals surface area contributed by atoms with Crippen molar-refractivity contribution < 1.29 is 19.1 Å². The molecule has 6 nitrogen and oxygen atoms in total. The lowest BCUT2D eigenvalue weighted by Gasteiger charge is -2.57. The summed E-state index contributed by atoms with van der Waals surface area (Å²) in [5, 5.41) is 3.07. The van der Waals surface area contributed by atoms with E-state index < -0.39 is 0 Å². The molecule has 2 amide bonds. The van der Waals surface area contributed by atoms with Gasteiger partial charge in [-0.25, -0.2) is 0 Å². The highest BCUT2D eigenvalue weighted by Crippen LogP contribution is 2.60. The number of hydrogen-bond acceptors (Lipinski definition) is 4.